The summed E-state index contributed by atoms with van der Waals surface area (Å²) in [6.45, 7) is 1.61. The van der Waals surface area contributed by atoms with E-state index in [0.717, 1.165) is 0 Å². The number of benzene rings is 2. The molecule has 2 aromatic carbocycles. The van der Waals surface area contributed by atoms with E-state index >= 15 is 0 Å². The fraction of sp³-hybridized carbons (Fsp3) is 0.263. The van der Waals surface area contributed by atoms with Crippen LogP contribution in [-0.4, -0.2) is 38.2 Å². The number of sulfone groups is 1. The second kappa shape index (κ2) is 8.00. The molecule has 5 nitrogen and oxygen atoms in total. The smallest absolute Gasteiger partial charge is 0.249 e. The lowest BCUT2D eigenvalue weighted by Gasteiger charge is -2.23. The maximum Gasteiger partial charge on any atom is 0.249 e. The Morgan fingerprint density at radius 3 is 2.56 bits per heavy atom. The summed E-state index contributed by atoms with van der Waals surface area (Å²) < 4.78 is 24.7. The van der Waals surface area contributed by atoms with Gasteiger partial charge in [0.05, 0.1) is 17.2 Å². The van der Waals surface area contributed by atoms with Crippen molar-refractivity contribution in [1.82, 2.24) is 0 Å². The van der Waals surface area contributed by atoms with Gasteiger partial charge in [0.25, 0.3) is 0 Å². The summed E-state index contributed by atoms with van der Waals surface area (Å²) in [5.41, 5.74) is 2.21. The summed E-state index contributed by atoms with van der Waals surface area (Å²) in [7, 11) is -3.43. The summed E-state index contributed by atoms with van der Waals surface area (Å²) >= 11 is 12.5. The minimum Gasteiger partial charge on any atom is -0.295 e. The molecule has 0 aromatic heterocycles. The number of hydrogen-bond donors (Lipinski definition) is 0. The van der Waals surface area contributed by atoms with Crippen molar-refractivity contribution in [3.8, 4) is 0 Å². The summed E-state index contributed by atoms with van der Waals surface area (Å²) in [5, 5.41) is 0.945. The molecular formula is C19H18Cl2N2O3S. The first-order valence-corrected chi connectivity index (χ1v) is 11.0. The van der Waals surface area contributed by atoms with Crippen molar-refractivity contribution < 1.29 is 13.2 Å². The minimum atomic E-state index is -3.43. The van der Waals surface area contributed by atoms with Gasteiger partial charge in [0.1, 0.15) is 12.4 Å². The topological polar surface area (TPSA) is 66.8 Å². The number of benzodiazepines with no additional fused rings is 1. The third-order valence-corrected chi connectivity index (χ3v) is 6.39. The van der Waals surface area contributed by atoms with Gasteiger partial charge in [-0.15, -0.1) is 0 Å². The highest BCUT2D eigenvalue weighted by atomic mass is 35.5. The molecule has 3 rings (SSSR count). The van der Waals surface area contributed by atoms with Crippen molar-refractivity contribution in [2.75, 3.05) is 23.1 Å². The van der Waals surface area contributed by atoms with Gasteiger partial charge >= 0.3 is 0 Å². The van der Waals surface area contributed by atoms with E-state index in [0.29, 0.717) is 39.0 Å². The van der Waals surface area contributed by atoms with E-state index < -0.39 is 9.84 Å². The summed E-state index contributed by atoms with van der Waals surface area (Å²) in [5.74, 6) is -0.766. The van der Waals surface area contributed by atoms with Crippen LogP contribution in [0.4, 0.5) is 5.69 Å². The fourth-order valence-electron chi connectivity index (χ4n) is 2.98. The van der Waals surface area contributed by atoms with Crippen LogP contribution in [0.1, 0.15) is 24.5 Å². The van der Waals surface area contributed by atoms with Crippen LogP contribution in [0.25, 0.3) is 0 Å². The Hall–Kier alpha value is -1.89. The van der Waals surface area contributed by atoms with Crippen molar-refractivity contribution in [3.63, 3.8) is 0 Å². The molecule has 8 heteroatoms. The number of fused-ring (bicyclic) bond motifs is 1. The van der Waals surface area contributed by atoms with Crippen LogP contribution < -0.4 is 4.90 Å². The molecule has 1 amide bonds. The molecule has 0 saturated carbocycles. The van der Waals surface area contributed by atoms with Crippen LogP contribution in [0.3, 0.4) is 0 Å². The Balaban J connectivity index is 2.15. The zero-order valence-corrected chi connectivity index (χ0v) is 17.0. The van der Waals surface area contributed by atoms with E-state index in [1.165, 1.54) is 4.90 Å². The number of aliphatic imine (C=N–C) groups is 1. The largest absolute Gasteiger partial charge is 0.295 e. The standard InChI is InChI=1S/C19H18Cl2N2O3S/c1-2-9-27(25,26)12-23-17-8-7-13(20)10-15(17)19(22-11-18(23)24)14-5-3-4-6-16(14)21/h3-8,10H,2,9,11-12H2,1H3. The van der Waals surface area contributed by atoms with Gasteiger partial charge in [0.2, 0.25) is 5.91 Å². The third-order valence-electron chi connectivity index (χ3n) is 4.15. The molecule has 2 aromatic rings. The molecule has 0 atom stereocenters. The number of anilines is 1. The average molecular weight is 425 g/mol. The molecule has 0 fully saturated rings. The Kier molecular flexibility index (Phi) is 5.89. The van der Waals surface area contributed by atoms with E-state index in [9.17, 15) is 13.2 Å². The normalized spacial score (nSPS) is 14.6. The quantitative estimate of drug-likeness (QED) is 0.729. The summed E-state index contributed by atoms with van der Waals surface area (Å²) in [6.07, 6.45) is 0.485. The minimum absolute atomic E-state index is 0.0118. The molecule has 0 unspecified atom stereocenters. The van der Waals surface area contributed by atoms with Gasteiger partial charge in [-0.25, -0.2) is 8.42 Å². The zero-order valence-electron chi connectivity index (χ0n) is 14.7. The Labute approximate surface area is 168 Å². The second-order valence-electron chi connectivity index (χ2n) is 6.20. The zero-order chi connectivity index (χ0) is 19.6. The first-order valence-electron chi connectivity index (χ1n) is 8.42. The highest BCUT2D eigenvalue weighted by molar-refractivity contribution is 7.91. The molecule has 1 aliphatic heterocycles. The van der Waals surface area contributed by atoms with Gasteiger partial charge in [0.15, 0.2) is 9.84 Å². The maximum absolute atomic E-state index is 12.7. The molecule has 0 radical (unpaired) electrons. The monoisotopic (exact) mass is 424 g/mol. The van der Waals surface area contributed by atoms with Gasteiger partial charge in [-0.05, 0) is 30.7 Å². The molecule has 0 bridgehead atoms. The number of nitrogens with zero attached hydrogens (tertiary/aromatic N) is 2. The van der Waals surface area contributed by atoms with Gasteiger partial charge < -0.3 is 0 Å². The second-order valence-corrected chi connectivity index (χ2v) is 9.20. The number of carbonyl (C=O) groups excluding carboxylic acids is 1. The van der Waals surface area contributed by atoms with Gasteiger partial charge in [-0.2, -0.15) is 0 Å². The van der Waals surface area contributed by atoms with Crippen LogP contribution in [0, 0.1) is 0 Å². The predicted octanol–water partition coefficient (Wildman–Crippen LogP) is 3.96. The van der Waals surface area contributed by atoms with E-state index in [-0.39, 0.29) is 24.1 Å². The van der Waals surface area contributed by atoms with Gasteiger partial charge in [0, 0.05) is 21.2 Å². The van der Waals surface area contributed by atoms with Crippen molar-refractivity contribution in [1.29, 1.82) is 0 Å². The fourth-order valence-corrected chi connectivity index (χ4v) is 4.81. The maximum atomic E-state index is 12.7. The first-order chi connectivity index (χ1) is 12.8. The number of carbonyl (C=O) groups is 1. The Bertz CT molecular complexity index is 1020. The Morgan fingerprint density at radius 2 is 1.85 bits per heavy atom. The predicted molar refractivity (Wildman–Crippen MR) is 110 cm³/mol. The van der Waals surface area contributed by atoms with E-state index in [1.54, 1.807) is 43.3 Å². The van der Waals surface area contributed by atoms with Crippen molar-refractivity contribution in [3.05, 3.63) is 63.6 Å². The Morgan fingerprint density at radius 1 is 1.11 bits per heavy atom. The van der Waals surface area contributed by atoms with Gasteiger partial charge in [-0.1, -0.05) is 48.3 Å². The van der Waals surface area contributed by atoms with Crippen LogP contribution in [-0.2, 0) is 14.6 Å². The molecule has 27 heavy (non-hydrogen) atoms. The molecule has 0 spiro atoms. The first kappa shape index (κ1) is 19.9. The number of hydrogen-bond acceptors (Lipinski definition) is 4. The number of halogens is 2. The summed E-state index contributed by atoms with van der Waals surface area (Å²) in [4.78, 5) is 18.4. The lowest BCUT2D eigenvalue weighted by atomic mass is 10.0. The highest BCUT2D eigenvalue weighted by Gasteiger charge is 2.29. The number of rotatable bonds is 5. The van der Waals surface area contributed by atoms with E-state index in [2.05, 4.69) is 4.99 Å². The van der Waals surface area contributed by atoms with E-state index in [4.69, 9.17) is 23.2 Å². The molecular weight excluding hydrogens is 407 g/mol. The lowest BCUT2D eigenvalue weighted by molar-refractivity contribution is -0.117. The van der Waals surface area contributed by atoms with Gasteiger partial charge in [-0.3, -0.25) is 14.7 Å². The molecule has 0 aliphatic carbocycles. The number of amides is 1. The molecule has 142 valence electrons. The summed E-state index contributed by atoms with van der Waals surface area (Å²) in [6, 6.07) is 12.1. The SMILES string of the molecule is CCCS(=O)(=O)CN1C(=O)CN=C(c2ccccc2Cl)c2cc(Cl)ccc21. The third kappa shape index (κ3) is 4.34. The lowest BCUT2D eigenvalue weighted by Crippen LogP contribution is -2.37. The van der Waals surface area contributed by atoms with Crippen LogP contribution in [0.15, 0.2) is 47.5 Å². The molecule has 1 heterocycles. The van der Waals surface area contributed by atoms with Crippen molar-refractivity contribution in [2.24, 2.45) is 4.99 Å². The molecule has 0 N–H and O–H groups in total. The highest BCUT2D eigenvalue weighted by Crippen LogP contribution is 2.31. The van der Waals surface area contributed by atoms with Crippen LogP contribution >= 0.6 is 23.2 Å². The van der Waals surface area contributed by atoms with Crippen LogP contribution in [0.2, 0.25) is 10.0 Å². The van der Waals surface area contributed by atoms with Crippen molar-refractivity contribution >= 4 is 50.3 Å². The van der Waals surface area contributed by atoms with Crippen molar-refractivity contribution in [2.45, 2.75) is 13.3 Å². The molecule has 1 aliphatic rings. The average Bonchev–Trinajstić information content (AvgIpc) is 2.73. The molecule has 0 saturated heterocycles. The van der Waals surface area contributed by atoms with E-state index in [1.807, 2.05) is 6.07 Å². The van der Waals surface area contributed by atoms with Crippen LogP contribution in [0.5, 0.6) is 0 Å².